The number of imidazole rings is 1. The predicted octanol–water partition coefficient (Wildman–Crippen LogP) is 2.44. The fourth-order valence-electron chi connectivity index (χ4n) is 2.33. The molecule has 5 heteroatoms. The molecule has 0 N–H and O–H groups in total. The van der Waals surface area contributed by atoms with Gasteiger partial charge in [0.25, 0.3) is 0 Å². The van der Waals surface area contributed by atoms with E-state index in [1.807, 2.05) is 23.0 Å². The molecule has 3 rings (SSSR count). The van der Waals surface area contributed by atoms with Crippen molar-refractivity contribution in [3.8, 4) is 0 Å². The number of aldehydes is 1. The molecule has 0 saturated heterocycles. The Balaban J connectivity index is 1.91. The number of nitrogens with zero attached hydrogens (tertiary/aromatic N) is 3. The van der Waals surface area contributed by atoms with Gasteiger partial charge in [-0.15, -0.1) is 11.3 Å². The first-order valence-electron chi connectivity index (χ1n) is 5.91. The Morgan fingerprint density at radius 1 is 1.65 bits per heavy atom. The van der Waals surface area contributed by atoms with E-state index in [1.54, 1.807) is 11.3 Å². The molecule has 0 amide bonds. The van der Waals surface area contributed by atoms with E-state index in [9.17, 15) is 4.79 Å². The lowest BCUT2D eigenvalue weighted by molar-refractivity contribution is 0.111. The van der Waals surface area contributed by atoms with Crippen LogP contribution in [0.25, 0.3) is 4.96 Å². The van der Waals surface area contributed by atoms with Gasteiger partial charge >= 0.3 is 0 Å². The third-order valence-corrected chi connectivity index (χ3v) is 4.27. The van der Waals surface area contributed by atoms with E-state index in [4.69, 9.17) is 0 Å². The summed E-state index contributed by atoms with van der Waals surface area (Å²) in [5.41, 5.74) is 0.670. The molecule has 90 valence electrons. The van der Waals surface area contributed by atoms with Crippen molar-refractivity contribution in [1.29, 1.82) is 0 Å². The molecule has 0 unspecified atom stereocenters. The van der Waals surface area contributed by atoms with Crippen LogP contribution in [0.5, 0.6) is 0 Å². The van der Waals surface area contributed by atoms with Crippen LogP contribution in [0.3, 0.4) is 0 Å². The van der Waals surface area contributed by atoms with Crippen LogP contribution >= 0.6 is 11.3 Å². The quantitative estimate of drug-likeness (QED) is 0.781. The van der Waals surface area contributed by atoms with Gasteiger partial charge in [-0.3, -0.25) is 9.20 Å². The highest BCUT2D eigenvalue weighted by Gasteiger charge is 2.22. The van der Waals surface area contributed by atoms with Crippen molar-refractivity contribution in [2.45, 2.75) is 19.3 Å². The Bertz CT molecular complexity index is 541. The fourth-order valence-corrected chi connectivity index (χ4v) is 3.05. The number of fused-ring (bicyclic) bond motifs is 1. The molecule has 4 nitrogen and oxygen atoms in total. The van der Waals surface area contributed by atoms with Crippen molar-refractivity contribution in [2.24, 2.45) is 5.92 Å². The van der Waals surface area contributed by atoms with Crippen LogP contribution in [0.1, 0.15) is 29.8 Å². The number of carbonyl (C=O) groups excluding carboxylic acids is 1. The molecular weight excluding hydrogens is 234 g/mol. The van der Waals surface area contributed by atoms with Crippen LogP contribution in [0.4, 0.5) is 5.82 Å². The van der Waals surface area contributed by atoms with E-state index in [1.165, 1.54) is 19.3 Å². The first-order valence-corrected chi connectivity index (χ1v) is 6.79. The summed E-state index contributed by atoms with van der Waals surface area (Å²) in [6.45, 7) is 1.01. The number of anilines is 1. The maximum absolute atomic E-state index is 11.2. The van der Waals surface area contributed by atoms with Gasteiger partial charge in [0.1, 0.15) is 5.69 Å². The summed E-state index contributed by atoms with van der Waals surface area (Å²) >= 11 is 1.56. The van der Waals surface area contributed by atoms with Gasteiger partial charge in [0.05, 0.1) is 0 Å². The zero-order valence-electron chi connectivity index (χ0n) is 9.80. The third-order valence-electron chi connectivity index (χ3n) is 3.51. The van der Waals surface area contributed by atoms with E-state index in [-0.39, 0.29) is 0 Å². The molecule has 1 saturated carbocycles. The maximum Gasteiger partial charge on any atom is 0.196 e. The van der Waals surface area contributed by atoms with Crippen molar-refractivity contribution >= 4 is 28.4 Å². The largest absolute Gasteiger partial charge is 0.357 e. The van der Waals surface area contributed by atoms with Crippen molar-refractivity contribution in [2.75, 3.05) is 18.5 Å². The Morgan fingerprint density at radius 2 is 2.47 bits per heavy atom. The molecule has 1 aliphatic rings. The van der Waals surface area contributed by atoms with Gasteiger partial charge in [-0.05, 0) is 18.8 Å². The zero-order chi connectivity index (χ0) is 11.8. The molecule has 0 atom stereocenters. The van der Waals surface area contributed by atoms with E-state index in [0.29, 0.717) is 5.69 Å². The lowest BCUT2D eigenvalue weighted by atomic mass is 9.85. The average molecular weight is 249 g/mol. The Hall–Kier alpha value is -1.36. The highest BCUT2D eigenvalue weighted by molar-refractivity contribution is 7.15. The fraction of sp³-hybridized carbons (Fsp3) is 0.500. The second-order valence-corrected chi connectivity index (χ2v) is 5.54. The molecule has 0 radical (unpaired) electrons. The summed E-state index contributed by atoms with van der Waals surface area (Å²) in [5.74, 6) is 1.60. The van der Waals surface area contributed by atoms with Gasteiger partial charge in [0.2, 0.25) is 0 Å². The smallest absolute Gasteiger partial charge is 0.196 e. The Morgan fingerprint density at radius 3 is 3.12 bits per heavy atom. The monoisotopic (exact) mass is 249 g/mol. The summed E-state index contributed by atoms with van der Waals surface area (Å²) < 4.78 is 1.87. The van der Waals surface area contributed by atoms with Gasteiger partial charge in [-0.1, -0.05) is 6.42 Å². The van der Waals surface area contributed by atoms with Crippen LogP contribution in [0.2, 0.25) is 0 Å². The van der Waals surface area contributed by atoms with Gasteiger partial charge < -0.3 is 4.90 Å². The zero-order valence-corrected chi connectivity index (χ0v) is 10.6. The van der Waals surface area contributed by atoms with Crippen LogP contribution in [0, 0.1) is 5.92 Å². The second-order valence-electron chi connectivity index (χ2n) is 4.67. The molecule has 2 aromatic heterocycles. The van der Waals surface area contributed by atoms with Crippen molar-refractivity contribution in [3.63, 3.8) is 0 Å². The minimum atomic E-state index is 0.670. The van der Waals surface area contributed by atoms with Crippen LogP contribution in [-0.4, -0.2) is 29.3 Å². The molecule has 0 spiro atoms. The van der Waals surface area contributed by atoms with E-state index in [2.05, 4.69) is 9.88 Å². The molecule has 17 heavy (non-hydrogen) atoms. The average Bonchev–Trinajstić information content (AvgIpc) is 2.81. The number of aromatic nitrogens is 2. The molecular formula is C12H15N3OS. The van der Waals surface area contributed by atoms with Gasteiger partial charge in [0, 0.05) is 25.2 Å². The van der Waals surface area contributed by atoms with Crippen LogP contribution < -0.4 is 4.90 Å². The summed E-state index contributed by atoms with van der Waals surface area (Å²) in [6.07, 6.45) is 6.76. The summed E-state index contributed by atoms with van der Waals surface area (Å²) in [6, 6.07) is 0. The van der Waals surface area contributed by atoms with Gasteiger partial charge in [0.15, 0.2) is 17.1 Å². The third kappa shape index (κ3) is 1.74. The minimum absolute atomic E-state index is 0.670. The molecule has 1 aliphatic carbocycles. The number of hydrogen-bond acceptors (Lipinski definition) is 4. The van der Waals surface area contributed by atoms with Crippen molar-refractivity contribution < 1.29 is 4.79 Å². The highest BCUT2D eigenvalue weighted by atomic mass is 32.1. The summed E-state index contributed by atoms with van der Waals surface area (Å²) in [7, 11) is 2.03. The van der Waals surface area contributed by atoms with Crippen molar-refractivity contribution in [3.05, 3.63) is 17.3 Å². The van der Waals surface area contributed by atoms with Gasteiger partial charge in [-0.25, -0.2) is 4.98 Å². The van der Waals surface area contributed by atoms with E-state index >= 15 is 0 Å². The summed E-state index contributed by atoms with van der Waals surface area (Å²) in [4.78, 5) is 18.7. The highest BCUT2D eigenvalue weighted by Crippen LogP contribution is 2.29. The predicted molar refractivity (Wildman–Crippen MR) is 69.1 cm³/mol. The topological polar surface area (TPSA) is 37.6 Å². The standard InChI is InChI=1S/C12H15N3OS/c1-14(7-9-3-2-4-9)11-10(8-16)15-5-6-17-12(15)13-11/h5-6,8-9H,2-4,7H2,1H3. The number of hydrogen-bond donors (Lipinski definition) is 0. The summed E-state index contributed by atoms with van der Waals surface area (Å²) in [5, 5.41) is 1.95. The van der Waals surface area contributed by atoms with E-state index in [0.717, 1.165) is 29.5 Å². The molecule has 2 aromatic rings. The molecule has 1 fully saturated rings. The Labute approximate surface area is 104 Å². The maximum atomic E-state index is 11.2. The first-order chi connectivity index (χ1) is 8.29. The van der Waals surface area contributed by atoms with Crippen molar-refractivity contribution in [1.82, 2.24) is 9.38 Å². The normalized spacial score (nSPS) is 16.1. The Kier molecular flexibility index (Phi) is 2.63. The SMILES string of the molecule is CN(CC1CCC1)c1nc2sccn2c1C=O. The number of rotatable bonds is 4. The van der Waals surface area contributed by atoms with Gasteiger partial charge in [-0.2, -0.15) is 0 Å². The molecule has 0 bridgehead atoms. The van der Waals surface area contributed by atoms with E-state index < -0.39 is 0 Å². The lowest BCUT2D eigenvalue weighted by Gasteiger charge is -2.30. The first kappa shape index (κ1) is 10.8. The molecule has 0 aromatic carbocycles. The van der Waals surface area contributed by atoms with Crippen LogP contribution in [-0.2, 0) is 0 Å². The molecule has 2 heterocycles. The molecule has 0 aliphatic heterocycles. The van der Waals surface area contributed by atoms with Crippen LogP contribution in [0.15, 0.2) is 11.6 Å². The number of carbonyl (C=O) groups is 1. The second kappa shape index (κ2) is 4.14. The minimum Gasteiger partial charge on any atom is -0.357 e. The lowest BCUT2D eigenvalue weighted by Crippen LogP contribution is -2.30. The number of thiazole rings is 1.